The molecule has 0 aliphatic rings. The minimum Gasteiger partial charge on any atom is -0.337 e. The summed E-state index contributed by atoms with van der Waals surface area (Å²) >= 11 is 1.52. The number of halogens is 1. The Balaban J connectivity index is 2.16. The Morgan fingerprint density at radius 3 is 2.75 bits per heavy atom. The van der Waals surface area contributed by atoms with Crippen molar-refractivity contribution in [1.82, 2.24) is 4.90 Å². The van der Waals surface area contributed by atoms with Crippen LogP contribution in [0.2, 0.25) is 0 Å². The van der Waals surface area contributed by atoms with E-state index in [9.17, 15) is 19.3 Å². The Labute approximate surface area is 118 Å². The Bertz CT molecular complexity index is 643. The molecule has 20 heavy (non-hydrogen) atoms. The number of rotatable bonds is 4. The normalized spacial score (nSPS) is 10.3. The van der Waals surface area contributed by atoms with E-state index in [4.69, 9.17) is 0 Å². The van der Waals surface area contributed by atoms with Crippen LogP contribution in [0, 0.1) is 15.9 Å². The van der Waals surface area contributed by atoms with E-state index in [1.807, 2.05) is 16.8 Å². The minimum atomic E-state index is -1.01. The Morgan fingerprint density at radius 2 is 2.20 bits per heavy atom. The van der Waals surface area contributed by atoms with E-state index < -0.39 is 16.4 Å². The summed E-state index contributed by atoms with van der Waals surface area (Å²) in [5.74, 6) is -1.39. The van der Waals surface area contributed by atoms with Crippen LogP contribution in [0.15, 0.2) is 35.0 Å². The van der Waals surface area contributed by atoms with Crippen molar-refractivity contribution in [2.75, 3.05) is 7.05 Å². The monoisotopic (exact) mass is 294 g/mol. The average molecular weight is 294 g/mol. The highest BCUT2D eigenvalue weighted by Crippen LogP contribution is 2.19. The van der Waals surface area contributed by atoms with Crippen molar-refractivity contribution in [3.63, 3.8) is 0 Å². The molecular weight excluding hydrogens is 283 g/mol. The second-order valence-electron chi connectivity index (χ2n) is 4.22. The first-order chi connectivity index (χ1) is 9.49. The van der Waals surface area contributed by atoms with Gasteiger partial charge < -0.3 is 4.90 Å². The topological polar surface area (TPSA) is 63.5 Å². The molecular formula is C13H11FN2O3S. The van der Waals surface area contributed by atoms with E-state index in [1.54, 1.807) is 7.05 Å². The fourth-order valence-corrected chi connectivity index (χ4v) is 2.40. The van der Waals surface area contributed by atoms with Gasteiger partial charge in [-0.15, -0.1) is 0 Å². The molecule has 0 saturated carbocycles. The third-order valence-corrected chi connectivity index (χ3v) is 3.47. The minimum absolute atomic E-state index is 0.0887. The second-order valence-corrected chi connectivity index (χ2v) is 5.00. The molecule has 5 nitrogen and oxygen atoms in total. The van der Waals surface area contributed by atoms with Crippen LogP contribution in [0.25, 0.3) is 0 Å². The quantitative estimate of drug-likeness (QED) is 0.643. The lowest BCUT2D eigenvalue weighted by atomic mass is 10.1. The van der Waals surface area contributed by atoms with Crippen LogP contribution in [-0.4, -0.2) is 22.8 Å². The molecule has 0 fully saturated rings. The van der Waals surface area contributed by atoms with Crippen molar-refractivity contribution in [3.8, 4) is 0 Å². The van der Waals surface area contributed by atoms with Gasteiger partial charge in [0.05, 0.1) is 4.92 Å². The first-order valence-corrected chi connectivity index (χ1v) is 6.64. The van der Waals surface area contributed by atoms with Crippen LogP contribution >= 0.6 is 11.3 Å². The van der Waals surface area contributed by atoms with Crippen molar-refractivity contribution in [1.29, 1.82) is 0 Å². The van der Waals surface area contributed by atoms with Crippen molar-refractivity contribution < 1.29 is 14.1 Å². The van der Waals surface area contributed by atoms with Gasteiger partial charge in [0.15, 0.2) is 0 Å². The van der Waals surface area contributed by atoms with Crippen LogP contribution in [0.1, 0.15) is 15.9 Å². The number of nitrogens with zero attached hydrogens (tertiary/aromatic N) is 2. The zero-order valence-corrected chi connectivity index (χ0v) is 11.4. The summed E-state index contributed by atoms with van der Waals surface area (Å²) in [7, 11) is 1.60. The number of nitro groups is 1. The predicted octanol–water partition coefficient (Wildman–Crippen LogP) is 3.07. The highest BCUT2D eigenvalue weighted by molar-refractivity contribution is 7.07. The molecule has 1 aromatic carbocycles. The summed E-state index contributed by atoms with van der Waals surface area (Å²) in [6.45, 7) is 0.404. The molecule has 0 spiro atoms. The maximum atomic E-state index is 13.5. The van der Waals surface area contributed by atoms with E-state index in [1.165, 1.54) is 22.3 Å². The second kappa shape index (κ2) is 5.79. The Hall–Kier alpha value is -2.28. The molecule has 0 unspecified atom stereocenters. The van der Waals surface area contributed by atoms with Crippen molar-refractivity contribution in [3.05, 3.63) is 62.1 Å². The molecule has 0 radical (unpaired) electrons. The summed E-state index contributed by atoms with van der Waals surface area (Å²) in [4.78, 5) is 23.2. The number of carbonyl (C=O) groups excluding carboxylic acids is 1. The van der Waals surface area contributed by atoms with Crippen molar-refractivity contribution in [2.24, 2.45) is 0 Å². The van der Waals surface area contributed by atoms with Crippen LogP contribution in [0.4, 0.5) is 10.1 Å². The molecule has 1 heterocycles. The lowest BCUT2D eigenvalue weighted by Crippen LogP contribution is -2.26. The van der Waals surface area contributed by atoms with Gasteiger partial charge in [-0.2, -0.15) is 15.7 Å². The number of thiophene rings is 1. The number of hydrogen-bond acceptors (Lipinski definition) is 4. The van der Waals surface area contributed by atoms with E-state index >= 15 is 0 Å². The van der Waals surface area contributed by atoms with Crippen molar-refractivity contribution >= 4 is 22.9 Å². The Morgan fingerprint density at radius 1 is 1.45 bits per heavy atom. The fraction of sp³-hybridized carbons (Fsp3) is 0.154. The van der Waals surface area contributed by atoms with Crippen molar-refractivity contribution in [2.45, 2.75) is 6.54 Å². The van der Waals surface area contributed by atoms with Gasteiger partial charge in [-0.05, 0) is 34.5 Å². The average Bonchev–Trinajstić information content (AvgIpc) is 2.90. The van der Waals surface area contributed by atoms with E-state index in [0.717, 1.165) is 17.7 Å². The predicted molar refractivity (Wildman–Crippen MR) is 73.2 cm³/mol. The summed E-state index contributed by atoms with van der Waals surface area (Å²) in [5, 5.41) is 14.3. The number of benzene rings is 1. The number of carbonyl (C=O) groups is 1. The Kier molecular flexibility index (Phi) is 4.09. The van der Waals surface area contributed by atoms with Gasteiger partial charge in [0.2, 0.25) is 5.82 Å². The molecule has 104 valence electrons. The lowest BCUT2D eigenvalue weighted by Gasteiger charge is -2.16. The van der Waals surface area contributed by atoms with Gasteiger partial charge in [0, 0.05) is 25.2 Å². The fourth-order valence-electron chi connectivity index (χ4n) is 1.74. The largest absolute Gasteiger partial charge is 0.337 e. The third-order valence-electron chi connectivity index (χ3n) is 2.74. The van der Waals surface area contributed by atoms with E-state index in [2.05, 4.69) is 0 Å². The molecule has 2 rings (SSSR count). The van der Waals surface area contributed by atoms with Gasteiger partial charge in [-0.3, -0.25) is 14.9 Å². The zero-order chi connectivity index (χ0) is 14.7. The standard InChI is InChI=1S/C13H11FN2O3S/c1-15(7-9-4-5-20-8-9)13(17)10-2-3-12(16(18)19)11(14)6-10/h2-6,8H,7H2,1H3. The molecule has 0 bridgehead atoms. The smallest absolute Gasteiger partial charge is 0.304 e. The highest BCUT2D eigenvalue weighted by atomic mass is 32.1. The summed E-state index contributed by atoms with van der Waals surface area (Å²) in [5.41, 5.74) is 0.432. The summed E-state index contributed by atoms with van der Waals surface area (Å²) in [6, 6.07) is 5.05. The van der Waals surface area contributed by atoms with Crippen LogP contribution in [0.5, 0.6) is 0 Å². The molecule has 1 amide bonds. The SMILES string of the molecule is CN(Cc1ccsc1)C(=O)c1ccc([N+](=O)[O-])c(F)c1. The maximum absolute atomic E-state index is 13.5. The first kappa shape index (κ1) is 14.1. The van der Waals surface area contributed by atoms with E-state index in [-0.39, 0.29) is 11.5 Å². The molecule has 0 saturated heterocycles. The van der Waals surface area contributed by atoms with Crippen LogP contribution < -0.4 is 0 Å². The van der Waals surface area contributed by atoms with Gasteiger partial charge in [0.25, 0.3) is 5.91 Å². The van der Waals surface area contributed by atoms with Gasteiger partial charge in [0.1, 0.15) is 0 Å². The highest BCUT2D eigenvalue weighted by Gasteiger charge is 2.18. The zero-order valence-electron chi connectivity index (χ0n) is 10.6. The third kappa shape index (κ3) is 3.00. The molecule has 1 aromatic heterocycles. The molecule has 2 aromatic rings. The maximum Gasteiger partial charge on any atom is 0.304 e. The summed E-state index contributed by atoms with van der Waals surface area (Å²) in [6.07, 6.45) is 0. The lowest BCUT2D eigenvalue weighted by molar-refractivity contribution is -0.387. The molecule has 0 N–H and O–H groups in total. The van der Waals surface area contributed by atoms with Gasteiger partial charge in [-0.25, -0.2) is 0 Å². The number of amides is 1. The summed E-state index contributed by atoms with van der Waals surface area (Å²) < 4.78 is 13.5. The first-order valence-electron chi connectivity index (χ1n) is 5.69. The molecule has 0 aliphatic carbocycles. The molecule has 7 heteroatoms. The van der Waals surface area contributed by atoms with E-state index in [0.29, 0.717) is 6.54 Å². The van der Waals surface area contributed by atoms with Gasteiger partial charge in [-0.1, -0.05) is 0 Å². The number of hydrogen-bond donors (Lipinski definition) is 0. The van der Waals surface area contributed by atoms with Crippen LogP contribution in [-0.2, 0) is 6.54 Å². The van der Waals surface area contributed by atoms with Crippen LogP contribution in [0.3, 0.4) is 0 Å². The van der Waals surface area contributed by atoms with Gasteiger partial charge >= 0.3 is 5.69 Å². The number of nitro benzene ring substituents is 1. The molecule has 0 atom stereocenters. The molecule has 0 aliphatic heterocycles.